The maximum atomic E-state index is 13.6. The van der Waals surface area contributed by atoms with Crippen LogP contribution in [0.4, 0.5) is 5.82 Å². The van der Waals surface area contributed by atoms with Gasteiger partial charge in [-0.3, -0.25) is 4.79 Å². The molecule has 2 N–H and O–H groups in total. The van der Waals surface area contributed by atoms with Crippen molar-refractivity contribution in [3.8, 4) is 11.1 Å². The predicted octanol–water partition coefficient (Wildman–Crippen LogP) is 3.66. The molecule has 160 valence electrons. The van der Waals surface area contributed by atoms with Gasteiger partial charge in [-0.2, -0.15) is 0 Å². The molecule has 2 aliphatic heterocycles. The number of nitrogens with zero attached hydrogens (tertiary/aromatic N) is 2. The Bertz CT molecular complexity index is 1230. The number of nitrogens with two attached hydrogens (primary N) is 1. The lowest BCUT2D eigenvalue weighted by Gasteiger charge is -2.27. The summed E-state index contributed by atoms with van der Waals surface area (Å²) in [7, 11) is 0. The van der Waals surface area contributed by atoms with Gasteiger partial charge in [0.25, 0.3) is 0 Å². The van der Waals surface area contributed by atoms with E-state index in [1.54, 1.807) is 18.3 Å². The van der Waals surface area contributed by atoms with E-state index in [1.807, 2.05) is 53.4 Å². The number of hydrogen-bond donors (Lipinski definition) is 1. The van der Waals surface area contributed by atoms with Crippen molar-refractivity contribution in [3.63, 3.8) is 0 Å². The number of fused-ring (bicyclic) bond motifs is 2. The molecule has 6 nitrogen and oxygen atoms in total. The molecule has 1 atom stereocenters. The highest BCUT2D eigenvalue weighted by atomic mass is 16.6. The number of esters is 1. The second-order valence-corrected chi connectivity index (χ2v) is 9.04. The minimum Gasteiger partial charge on any atom is -0.449 e. The van der Waals surface area contributed by atoms with E-state index in [9.17, 15) is 9.59 Å². The number of pyridine rings is 1. The van der Waals surface area contributed by atoms with Crippen LogP contribution < -0.4 is 5.73 Å². The fourth-order valence-corrected chi connectivity index (χ4v) is 5.22. The highest BCUT2D eigenvalue weighted by Gasteiger charge is 2.57. The molecular weight excluding hydrogens is 402 g/mol. The average molecular weight is 425 g/mol. The van der Waals surface area contributed by atoms with Crippen LogP contribution in [0.1, 0.15) is 40.7 Å². The van der Waals surface area contributed by atoms with E-state index in [1.165, 1.54) is 0 Å². The number of rotatable bonds is 3. The van der Waals surface area contributed by atoms with E-state index < -0.39 is 11.0 Å². The molecule has 2 fully saturated rings. The third-order valence-corrected chi connectivity index (χ3v) is 7.16. The molecule has 2 aromatic carbocycles. The summed E-state index contributed by atoms with van der Waals surface area (Å²) >= 11 is 0. The Hall–Kier alpha value is -3.67. The number of aromatic nitrogens is 1. The molecule has 0 radical (unpaired) electrons. The molecule has 1 aromatic heterocycles. The zero-order valence-corrected chi connectivity index (χ0v) is 17.6. The highest BCUT2D eigenvalue weighted by Crippen LogP contribution is 2.52. The first-order chi connectivity index (χ1) is 15.5. The zero-order valence-electron chi connectivity index (χ0n) is 17.6. The maximum absolute atomic E-state index is 13.6. The van der Waals surface area contributed by atoms with Crippen LogP contribution >= 0.6 is 0 Å². The number of ether oxygens (including phenoxy) is 1. The van der Waals surface area contributed by atoms with Crippen molar-refractivity contribution >= 4 is 17.7 Å². The molecule has 1 aliphatic carbocycles. The van der Waals surface area contributed by atoms with E-state index >= 15 is 0 Å². The van der Waals surface area contributed by atoms with Gasteiger partial charge in [0.2, 0.25) is 5.91 Å². The lowest BCUT2D eigenvalue weighted by molar-refractivity contribution is -0.134. The number of carbonyl (C=O) groups is 2. The number of carbonyl (C=O) groups excluding carboxylic acids is 2. The van der Waals surface area contributed by atoms with Crippen LogP contribution in [0.2, 0.25) is 0 Å². The summed E-state index contributed by atoms with van der Waals surface area (Å²) in [6.07, 6.45) is 4.08. The van der Waals surface area contributed by atoms with Gasteiger partial charge in [0.1, 0.15) is 5.82 Å². The zero-order chi connectivity index (χ0) is 21.9. The molecular formula is C26H23N3O3. The standard InChI is InChI=1S/C26H23N3O3/c27-22-10-7-18(15-28-22)17-5-8-19(9-6-17)25(11-12-25)24(31)29-14-13-26(16-29)21-4-2-1-3-20(21)23(30)32-26/h1-10,15H,11-14,16H2,(H2,27,28)/t26-/m0/s1. The molecule has 0 bridgehead atoms. The molecule has 3 heterocycles. The van der Waals surface area contributed by atoms with Gasteiger partial charge >= 0.3 is 5.97 Å². The summed E-state index contributed by atoms with van der Waals surface area (Å²) in [5, 5.41) is 0. The third kappa shape index (κ3) is 2.75. The Morgan fingerprint density at radius 2 is 1.72 bits per heavy atom. The molecule has 3 aliphatic rings. The van der Waals surface area contributed by atoms with Gasteiger partial charge in [-0.15, -0.1) is 0 Å². The fourth-order valence-electron chi connectivity index (χ4n) is 5.22. The molecule has 1 saturated heterocycles. The van der Waals surface area contributed by atoms with Gasteiger partial charge in [0.05, 0.1) is 17.5 Å². The number of anilines is 1. The van der Waals surface area contributed by atoms with Gasteiger partial charge in [-0.25, -0.2) is 9.78 Å². The first kappa shape index (κ1) is 19.0. The Morgan fingerprint density at radius 1 is 0.969 bits per heavy atom. The summed E-state index contributed by atoms with van der Waals surface area (Å²) in [5.41, 5.74) is 9.12. The van der Waals surface area contributed by atoms with Crippen molar-refractivity contribution in [1.29, 1.82) is 0 Å². The van der Waals surface area contributed by atoms with Gasteiger partial charge in [-0.1, -0.05) is 42.5 Å². The largest absolute Gasteiger partial charge is 0.449 e. The summed E-state index contributed by atoms with van der Waals surface area (Å²) < 4.78 is 5.82. The predicted molar refractivity (Wildman–Crippen MR) is 120 cm³/mol. The Morgan fingerprint density at radius 3 is 2.44 bits per heavy atom. The highest BCUT2D eigenvalue weighted by molar-refractivity contribution is 5.96. The van der Waals surface area contributed by atoms with Crippen LogP contribution in [0.25, 0.3) is 11.1 Å². The third-order valence-electron chi connectivity index (χ3n) is 7.16. The van der Waals surface area contributed by atoms with Crippen LogP contribution in [0.15, 0.2) is 66.9 Å². The van der Waals surface area contributed by atoms with Gasteiger partial charge in [0, 0.05) is 30.3 Å². The summed E-state index contributed by atoms with van der Waals surface area (Å²) in [6.45, 7) is 1.02. The van der Waals surface area contributed by atoms with Crippen molar-refractivity contribution in [2.75, 3.05) is 18.8 Å². The summed E-state index contributed by atoms with van der Waals surface area (Å²) in [5.74, 6) is 0.340. The monoisotopic (exact) mass is 425 g/mol. The smallest absolute Gasteiger partial charge is 0.339 e. The number of amides is 1. The van der Waals surface area contributed by atoms with E-state index in [0.29, 0.717) is 30.9 Å². The average Bonchev–Trinajstić information content (AvgIpc) is 3.46. The van der Waals surface area contributed by atoms with Gasteiger partial charge in [0.15, 0.2) is 5.60 Å². The second-order valence-electron chi connectivity index (χ2n) is 9.04. The van der Waals surface area contributed by atoms with Crippen molar-refractivity contribution in [2.45, 2.75) is 30.3 Å². The molecule has 1 amide bonds. The lowest BCUT2D eigenvalue weighted by atomic mass is 9.91. The second kappa shape index (κ2) is 6.66. The lowest BCUT2D eigenvalue weighted by Crippen LogP contribution is -2.40. The molecule has 32 heavy (non-hydrogen) atoms. The minimum atomic E-state index is -0.703. The normalized spacial score (nSPS) is 22.6. The number of likely N-dealkylation sites (tertiary alicyclic amines) is 1. The van der Waals surface area contributed by atoms with Crippen molar-refractivity contribution in [2.24, 2.45) is 0 Å². The van der Waals surface area contributed by atoms with E-state index in [0.717, 1.165) is 35.1 Å². The number of hydrogen-bond acceptors (Lipinski definition) is 5. The van der Waals surface area contributed by atoms with Crippen molar-refractivity contribution < 1.29 is 14.3 Å². The quantitative estimate of drug-likeness (QED) is 0.648. The summed E-state index contributed by atoms with van der Waals surface area (Å²) in [6, 6.07) is 19.4. The Labute approximate surface area is 186 Å². The van der Waals surface area contributed by atoms with Gasteiger partial charge in [-0.05, 0) is 42.2 Å². The van der Waals surface area contributed by atoms with Crippen LogP contribution in [-0.4, -0.2) is 34.8 Å². The first-order valence-electron chi connectivity index (χ1n) is 11.0. The first-order valence-corrected chi connectivity index (χ1v) is 11.0. The fraction of sp³-hybridized carbons (Fsp3) is 0.269. The van der Waals surface area contributed by atoms with Crippen LogP contribution in [0.5, 0.6) is 0 Å². The van der Waals surface area contributed by atoms with Crippen LogP contribution in [0.3, 0.4) is 0 Å². The topological polar surface area (TPSA) is 85.5 Å². The van der Waals surface area contributed by atoms with E-state index in [4.69, 9.17) is 10.5 Å². The molecule has 6 rings (SSSR count). The Balaban J connectivity index is 1.24. The maximum Gasteiger partial charge on any atom is 0.339 e. The minimum absolute atomic E-state index is 0.136. The number of benzene rings is 2. The molecule has 1 saturated carbocycles. The van der Waals surface area contributed by atoms with Gasteiger partial charge < -0.3 is 15.4 Å². The van der Waals surface area contributed by atoms with E-state index in [2.05, 4.69) is 4.98 Å². The molecule has 1 spiro atoms. The van der Waals surface area contributed by atoms with Crippen molar-refractivity contribution in [1.82, 2.24) is 9.88 Å². The summed E-state index contributed by atoms with van der Waals surface area (Å²) in [4.78, 5) is 32.0. The van der Waals surface area contributed by atoms with E-state index in [-0.39, 0.29) is 11.9 Å². The molecule has 6 heteroatoms. The van der Waals surface area contributed by atoms with Crippen LogP contribution in [-0.2, 0) is 20.5 Å². The Kier molecular flexibility index (Phi) is 3.97. The molecule has 3 aromatic rings. The van der Waals surface area contributed by atoms with Crippen LogP contribution in [0, 0.1) is 0 Å². The number of nitrogen functional groups attached to an aromatic ring is 1. The molecule has 0 unspecified atom stereocenters. The SMILES string of the molecule is Nc1ccc(-c2ccc(C3(C(=O)N4CC[C@@]5(C4)OC(=O)c4ccccc45)CC3)cc2)cn1. The van der Waals surface area contributed by atoms with Crippen molar-refractivity contribution in [3.05, 3.63) is 83.6 Å².